The minimum atomic E-state index is -4.33. The molecule has 1 atom stereocenters. The van der Waals surface area contributed by atoms with Crippen LogP contribution in [0.25, 0.3) is 0 Å². The summed E-state index contributed by atoms with van der Waals surface area (Å²) < 4.78 is 41.1. The average Bonchev–Trinajstić information content (AvgIpc) is 2.17. The van der Waals surface area contributed by atoms with Crippen molar-refractivity contribution in [3.8, 4) is 0 Å². The van der Waals surface area contributed by atoms with Crippen molar-refractivity contribution in [3.63, 3.8) is 0 Å². The number of hydrogen-bond donors (Lipinski definition) is 2. The molecule has 1 heterocycles. The topological polar surface area (TPSA) is 64.4 Å². The highest BCUT2D eigenvalue weighted by Gasteiger charge is 2.33. The van der Waals surface area contributed by atoms with Crippen LogP contribution >= 0.6 is 0 Å². The average molecular weight is 240 g/mol. The molecular formula is C9H15F3N2O2. The van der Waals surface area contributed by atoms with E-state index in [9.17, 15) is 18.0 Å². The first-order chi connectivity index (χ1) is 7.40. The standard InChI is InChI=1S/C9H15F3N2O2/c10-9(11,12)5-14-7(8(13)15)6-1-3-16-4-2-6/h6-7,14H,1-5H2,(H2,13,15). The Bertz CT molecular complexity index is 239. The molecule has 0 bridgehead atoms. The first-order valence-electron chi connectivity index (χ1n) is 5.07. The summed E-state index contributed by atoms with van der Waals surface area (Å²) in [5, 5.41) is 2.17. The molecule has 0 aliphatic carbocycles. The zero-order valence-electron chi connectivity index (χ0n) is 8.72. The van der Waals surface area contributed by atoms with Gasteiger partial charge in [0.1, 0.15) is 0 Å². The summed E-state index contributed by atoms with van der Waals surface area (Å²) in [6.07, 6.45) is -3.23. The summed E-state index contributed by atoms with van der Waals surface area (Å²) in [6, 6.07) is -0.925. The number of rotatable bonds is 4. The van der Waals surface area contributed by atoms with E-state index in [1.54, 1.807) is 0 Å². The fourth-order valence-corrected chi connectivity index (χ4v) is 1.77. The van der Waals surface area contributed by atoms with Crippen molar-refractivity contribution in [1.29, 1.82) is 0 Å². The summed E-state index contributed by atoms with van der Waals surface area (Å²) in [6.45, 7) is -0.276. The first-order valence-corrected chi connectivity index (χ1v) is 5.07. The summed E-state index contributed by atoms with van der Waals surface area (Å²) in [5.74, 6) is -0.912. The molecule has 94 valence electrons. The van der Waals surface area contributed by atoms with Gasteiger partial charge in [0.2, 0.25) is 5.91 Å². The maximum atomic E-state index is 12.0. The number of amides is 1. The highest BCUT2D eigenvalue weighted by Crippen LogP contribution is 2.20. The Morgan fingerprint density at radius 1 is 1.44 bits per heavy atom. The Morgan fingerprint density at radius 3 is 2.44 bits per heavy atom. The van der Waals surface area contributed by atoms with Gasteiger partial charge < -0.3 is 10.5 Å². The summed E-state index contributed by atoms with van der Waals surface area (Å²) in [5.41, 5.74) is 5.09. The van der Waals surface area contributed by atoms with Crippen molar-refractivity contribution in [2.75, 3.05) is 19.8 Å². The first kappa shape index (κ1) is 13.2. The smallest absolute Gasteiger partial charge is 0.381 e. The van der Waals surface area contributed by atoms with Crippen molar-refractivity contribution < 1.29 is 22.7 Å². The molecule has 7 heteroatoms. The lowest BCUT2D eigenvalue weighted by atomic mass is 9.91. The highest BCUT2D eigenvalue weighted by atomic mass is 19.4. The van der Waals surface area contributed by atoms with Crippen LogP contribution in [0.2, 0.25) is 0 Å². The van der Waals surface area contributed by atoms with Crippen molar-refractivity contribution in [1.82, 2.24) is 5.32 Å². The van der Waals surface area contributed by atoms with Crippen molar-refractivity contribution in [2.24, 2.45) is 11.7 Å². The largest absolute Gasteiger partial charge is 0.401 e. The van der Waals surface area contributed by atoms with Gasteiger partial charge in [-0.3, -0.25) is 10.1 Å². The second-order valence-corrected chi connectivity index (χ2v) is 3.83. The Balaban J connectivity index is 2.49. The summed E-state index contributed by atoms with van der Waals surface area (Å²) >= 11 is 0. The molecule has 1 amide bonds. The van der Waals surface area contributed by atoms with Crippen LogP contribution in [0.3, 0.4) is 0 Å². The fraction of sp³-hybridized carbons (Fsp3) is 0.889. The van der Waals surface area contributed by atoms with Crippen LogP contribution in [0.1, 0.15) is 12.8 Å². The second kappa shape index (κ2) is 5.49. The number of carbonyl (C=O) groups is 1. The molecule has 16 heavy (non-hydrogen) atoms. The molecular weight excluding hydrogens is 225 g/mol. The number of halogens is 3. The van der Waals surface area contributed by atoms with Gasteiger partial charge >= 0.3 is 6.18 Å². The molecule has 1 unspecified atom stereocenters. The number of primary amides is 1. The van der Waals surface area contributed by atoms with Crippen LogP contribution in [-0.4, -0.2) is 37.9 Å². The van der Waals surface area contributed by atoms with Gasteiger partial charge in [0.15, 0.2) is 0 Å². The predicted octanol–water partition coefficient (Wildman–Crippen LogP) is 0.419. The predicted molar refractivity (Wildman–Crippen MR) is 50.6 cm³/mol. The molecule has 1 rings (SSSR count). The molecule has 1 saturated heterocycles. The SMILES string of the molecule is NC(=O)C(NCC(F)(F)F)C1CCOCC1. The maximum absolute atomic E-state index is 12.0. The minimum Gasteiger partial charge on any atom is -0.381 e. The third-order valence-corrected chi connectivity index (χ3v) is 2.57. The van der Waals surface area contributed by atoms with Gasteiger partial charge in [0, 0.05) is 13.2 Å². The van der Waals surface area contributed by atoms with Gasteiger partial charge in [-0.25, -0.2) is 0 Å². The highest BCUT2D eigenvalue weighted by molar-refractivity contribution is 5.80. The van der Waals surface area contributed by atoms with Crippen molar-refractivity contribution >= 4 is 5.91 Å². The van der Waals surface area contributed by atoms with Gasteiger partial charge in [-0.1, -0.05) is 0 Å². The number of nitrogens with one attached hydrogen (secondary N) is 1. The van der Waals surface area contributed by atoms with Crippen LogP contribution in [0, 0.1) is 5.92 Å². The lowest BCUT2D eigenvalue weighted by Crippen LogP contribution is -2.50. The third-order valence-electron chi connectivity index (χ3n) is 2.57. The van der Waals surface area contributed by atoms with E-state index in [2.05, 4.69) is 5.32 Å². The molecule has 1 fully saturated rings. The zero-order chi connectivity index (χ0) is 12.2. The third kappa shape index (κ3) is 4.36. The molecule has 0 saturated carbocycles. The van der Waals surface area contributed by atoms with Gasteiger partial charge in [0.05, 0.1) is 12.6 Å². The molecule has 1 aliphatic rings. The fourth-order valence-electron chi connectivity index (χ4n) is 1.77. The van der Waals surface area contributed by atoms with Crippen LogP contribution in [0.15, 0.2) is 0 Å². The molecule has 0 aromatic rings. The summed E-state index contributed by atoms with van der Waals surface area (Å²) in [7, 11) is 0. The minimum absolute atomic E-state index is 0.173. The maximum Gasteiger partial charge on any atom is 0.401 e. The van der Waals surface area contributed by atoms with Gasteiger partial charge in [-0.15, -0.1) is 0 Å². The van der Waals surface area contributed by atoms with E-state index in [4.69, 9.17) is 10.5 Å². The Kier molecular flexibility index (Phi) is 4.55. The quantitative estimate of drug-likeness (QED) is 0.748. The Hall–Kier alpha value is -0.820. The van der Waals surface area contributed by atoms with Crippen molar-refractivity contribution in [3.05, 3.63) is 0 Å². The van der Waals surface area contributed by atoms with Gasteiger partial charge in [-0.05, 0) is 18.8 Å². The number of ether oxygens (including phenoxy) is 1. The number of alkyl halides is 3. The van der Waals surface area contributed by atoms with Gasteiger partial charge in [-0.2, -0.15) is 13.2 Å². The monoisotopic (exact) mass is 240 g/mol. The van der Waals surface area contributed by atoms with E-state index in [1.165, 1.54) is 0 Å². The van der Waals surface area contributed by atoms with E-state index in [0.717, 1.165) is 0 Å². The van der Waals surface area contributed by atoms with E-state index >= 15 is 0 Å². The lowest BCUT2D eigenvalue weighted by molar-refractivity contribution is -0.133. The lowest BCUT2D eigenvalue weighted by Gasteiger charge is -2.29. The van der Waals surface area contributed by atoms with Gasteiger partial charge in [0.25, 0.3) is 0 Å². The van der Waals surface area contributed by atoms with E-state index in [1.807, 2.05) is 0 Å². The van der Waals surface area contributed by atoms with E-state index in [0.29, 0.717) is 26.1 Å². The molecule has 1 aliphatic heterocycles. The van der Waals surface area contributed by atoms with Crippen LogP contribution in [-0.2, 0) is 9.53 Å². The molecule has 0 radical (unpaired) electrons. The normalized spacial score (nSPS) is 20.7. The number of carbonyl (C=O) groups excluding carboxylic acids is 1. The molecule has 0 aromatic heterocycles. The van der Waals surface area contributed by atoms with Crippen LogP contribution in [0.5, 0.6) is 0 Å². The Labute approximate surface area is 91.3 Å². The number of hydrogen-bond acceptors (Lipinski definition) is 3. The second-order valence-electron chi connectivity index (χ2n) is 3.83. The summed E-state index contributed by atoms with van der Waals surface area (Å²) in [4.78, 5) is 11.1. The van der Waals surface area contributed by atoms with Crippen LogP contribution in [0.4, 0.5) is 13.2 Å². The van der Waals surface area contributed by atoms with Crippen molar-refractivity contribution in [2.45, 2.75) is 25.1 Å². The zero-order valence-corrected chi connectivity index (χ0v) is 8.72. The van der Waals surface area contributed by atoms with E-state index < -0.39 is 24.7 Å². The molecule has 0 aromatic carbocycles. The Morgan fingerprint density at radius 2 is 2.00 bits per heavy atom. The van der Waals surface area contributed by atoms with E-state index in [-0.39, 0.29) is 5.92 Å². The van der Waals surface area contributed by atoms with Crippen LogP contribution < -0.4 is 11.1 Å². The molecule has 0 spiro atoms. The molecule has 3 N–H and O–H groups in total. The number of nitrogens with two attached hydrogens (primary N) is 1. The molecule has 4 nitrogen and oxygen atoms in total.